The maximum absolute atomic E-state index is 12.3. The molecule has 0 aliphatic rings. The second-order valence-electron chi connectivity index (χ2n) is 3.52. The average Bonchev–Trinajstić information content (AvgIpc) is 2.68. The number of rotatable bonds is 3. The number of hydrogen-bond acceptors (Lipinski definition) is 4. The van der Waals surface area contributed by atoms with E-state index in [1.54, 1.807) is 24.3 Å². The molecule has 18 heavy (non-hydrogen) atoms. The van der Waals surface area contributed by atoms with E-state index in [0.29, 0.717) is 30.7 Å². The Labute approximate surface area is 122 Å². The molecule has 0 saturated heterocycles. The highest BCUT2D eigenvalue weighted by Gasteiger charge is 2.18. The molecule has 2 rings (SSSR count). The van der Waals surface area contributed by atoms with Crippen LogP contribution in [-0.2, 0) is 0 Å². The maximum Gasteiger partial charge on any atom is 0.206 e. The summed E-state index contributed by atoms with van der Waals surface area (Å²) in [6.07, 6.45) is 0. The predicted octanol–water partition coefficient (Wildman–Crippen LogP) is 3.99. The van der Waals surface area contributed by atoms with Crippen LogP contribution in [0.25, 0.3) is 0 Å². The standard InChI is InChI=1S/C12H9BrClNO2S/c1-17-9-3-2-6(15)4-7(9)11(16)10-5-8(13)12(14)18-10/h2-5H,15H2,1H3. The van der Waals surface area contributed by atoms with Crippen LogP contribution in [0.2, 0.25) is 4.34 Å². The van der Waals surface area contributed by atoms with E-state index in [9.17, 15) is 4.79 Å². The monoisotopic (exact) mass is 345 g/mol. The minimum Gasteiger partial charge on any atom is -0.496 e. The minimum absolute atomic E-state index is 0.156. The van der Waals surface area contributed by atoms with E-state index >= 15 is 0 Å². The second kappa shape index (κ2) is 5.30. The molecule has 0 aliphatic carbocycles. The first-order valence-electron chi connectivity index (χ1n) is 4.96. The summed E-state index contributed by atoms with van der Waals surface area (Å²) in [5, 5.41) is 0. The van der Waals surface area contributed by atoms with E-state index in [1.165, 1.54) is 18.4 Å². The molecule has 0 amide bonds. The van der Waals surface area contributed by atoms with Crippen molar-refractivity contribution in [1.29, 1.82) is 0 Å². The molecule has 1 aromatic heterocycles. The Kier molecular flexibility index (Phi) is 3.94. The molecule has 2 aromatic rings. The fourth-order valence-electron chi connectivity index (χ4n) is 1.49. The lowest BCUT2D eigenvalue weighted by molar-refractivity contribution is 0.103. The Morgan fingerprint density at radius 1 is 1.44 bits per heavy atom. The zero-order chi connectivity index (χ0) is 13.3. The van der Waals surface area contributed by atoms with Crippen LogP contribution in [-0.4, -0.2) is 12.9 Å². The van der Waals surface area contributed by atoms with E-state index in [1.807, 2.05) is 0 Å². The number of nitrogens with two attached hydrogens (primary N) is 1. The summed E-state index contributed by atoms with van der Waals surface area (Å²) < 4.78 is 6.42. The normalized spacial score (nSPS) is 10.4. The number of ketones is 1. The lowest BCUT2D eigenvalue weighted by Gasteiger charge is -2.07. The Morgan fingerprint density at radius 3 is 2.72 bits per heavy atom. The molecule has 94 valence electrons. The highest BCUT2D eigenvalue weighted by Crippen LogP contribution is 2.34. The molecule has 6 heteroatoms. The first kappa shape index (κ1) is 13.4. The summed E-state index contributed by atoms with van der Waals surface area (Å²) in [5.41, 5.74) is 6.64. The molecule has 0 aliphatic heterocycles. The van der Waals surface area contributed by atoms with E-state index < -0.39 is 0 Å². The maximum atomic E-state index is 12.3. The molecule has 1 heterocycles. The third-order valence-electron chi connectivity index (χ3n) is 2.34. The highest BCUT2D eigenvalue weighted by molar-refractivity contribution is 9.10. The quantitative estimate of drug-likeness (QED) is 0.675. The van der Waals surface area contributed by atoms with E-state index in [4.69, 9.17) is 22.1 Å². The Balaban J connectivity index is 2.48. The Morgan fingerprint density at radius 2 is 2.17 bits per heavy atom. The Bertz CT molecular complexity index is 593. The van der Waals surface area contributed by atoms with Gasteiger partial charge in [0.1, 0.15) is 10.1 Å². The van der Waals surface area contributed by atoms with Crippen LogP contribution in [0.4, 0.5) is 5.69 Å². The first-order valence-corrected chi connectivity index (χ1v) is 6.94. The van der Waals surface area contributed by atoms with Crippen molar-refractivity contribution in [2.75, 3.05) is 12.8 Å². The zero-order valence-electron chi connectivity index (χ0n) is 9.37. The van der Waals surface area contributed by atoms with Gasteiger partial charge in [-0.25, -0.2) is 0 Å². The number of anilines is 1. The summed E-state index contributed by atoms with van der Waals surface area (Å²) in [6, 6.07) is 6.65. The van der Waals surface area contributed by atoms with E-state index in [2.05, 4.69) is 15.9 Å². The van der Waals surface area contributed by atoms with Crippen LogP contribution in [0.5, 0.6) is 5.75 Å². The molecule has 0 atom stereocenters. The van der Waals surface area contributed by atoms with Crippen LogP contribution >= 0.6 is 38.9 Å². The number of methoxy groups -OCH3 is 1. The van der Waals surface area contributed by atoms with Crippen molar-refractivity contribution in [2.24, 2.45) is 0 Å². The van der Waals surface area contributed by atoms with Crippen molar-refractivity contribution in [1.82, 2.24) is 0 Å². The predicted molar refractivity (Wildman–Crippen MR) is 77.9 cm³/mol. The molecule has 0 radical (unpaired) electrons. The van der Waals surface area contributed by atoms with Crippen LogP contribution in [0.15, 0.2) is 28.7 Å². The fourth-order valence-corrected chi connectivity index (χ4v) is 3.15. The second-order valence-corrected chi connectivity index (χ2v) is 6.03. The van der Waals surface area contributed by atoms with Crippen molar-refractivity contribution in [3.05, 3.63) is 43.5 Å². The summed E-state index contributed by atoms with van der Waals surface area (Å²) in [4.78, 5) is 12.9. The van der Waals surface area contributed by atoms with Gasteiger partial charge in [-0.2, -0.15) is 0 Å². The zero-order valence-corrected chi connectivity index (χ0v) is 12.5. The molecule has 0 fully saturated rings. The van der Waals surface area contributed by atoms with Gasteiger partial charge in [0.05, 0.1) is 17.6 Å². The lowest BCUT2D eigenvalue weighted by Crippen LogP contribution is -2.03. The van der Waals surface area contributed by atoms with E-state index in [0.717, 1.165) is 0 Å². The number of nitrogen functional groups attached to an aromatic ring is 1. The third-order valence-corrected chi connectivity index (χ3v) is 4.81. The summed E-state index contributed by atoms with van der Waals surface area (Å²) >= 11 is 10.4. The van der Waals surface area contributed by atoms with Gasteiger partial charge in [-0.3, -0.25) is 4.79 Å². The van der Waals surface area contributed by atoms with Crippen molar-refractivity contribution >= 4 is 50.3 Å². The van der Waals surface area contributed by atoms with Crippen molar-refractivity contribution < 1.29 is 9.53 Å². The third kappa shape index (κ3) is 2.53. The number of hydrogen-bond donors (Lipinski definition) is 1. The molecular weight excluding hydrogens is 338 g/mol. The number of halogens is 2. The summed E-state index contributed by atoms with van der Waals surface area (Å²) in [6.45, 7) is 0. The first-order chi connectivity index (χ1) is 8.52. The molecule has 3 nitrogen and oxygen atoms in total. The Hall–Kier alpha value is -1.04. The van der Waals surface area contributed by atoms with Gasteiger partial charge >= 0.3 is 0 Å². The largest absolute Gasteiger partial charge is 0.496 e. The van der Waals surface area contributed by atoms with Crippen molar-refractivity contribution in [2.45, 2.75) is 0 Å². The topological polar surface area (TPSA) is 52.3 Å². The molecular formula is C12H9BrClNO2S. The van der Waals surface area contributed by atoms with Crippen LogP contribution in [0.3, 0.4) is 0 Å². The summed E-state index contributed by atoms with van der Waals surface area (Å²) in [5.74, 6) is 0.339. The molecule has 0 bridgehead atoms. The van der Waals surface area contributed by atoms with Crippen LogP contribution in [0.1, 0.15) is 15.2 Å². The van der Waals surface area contributed by atoms with Gasteiger partial charge in [-0.1, -0.05) is 11.6 Å². The van der Waals surface area contributed by atoms with Crippen LogP contribution < -0.4 is 10.5 Å². The highest BCUT2D eigenvalue weighted by atomic mass is 79.9. The van der Waals surface area contributed by atoms with Gasteiger partial charge in [0, 0.05) is 10.2 Å². The van der Waals surface area contributed by atoms with Gasteiger partial charge < -0.3 is 10.5 Å². The van der Waals surface area contributed by atoms with Gasteiger partial charge in [0.2, 0.25) is 5.78 Å². The number of thiophene rings is 1. The lowest BCUT2D eigenvalue weighted by atomic mass is 10.1. The fraction of sp³-hybridized carbons (Fsp3) is 0.0833. The molecule has 0 saturated carbocycles. The van der Waals surface area contributed by atoms with Gasteiger partial charge in [-0.05, 0) is 40.2 Å². The SMILES string of the molecule is COc1ccc(N)cc1C(=O)c1cc(Br)c(Cl)s1. The average molecular weight is 347 g/mol. The molecule has 0 spiro atoms. The van der Waals surface area contributed by atoms with Gasteiger partial charge in [0.25, 0.3) is 0 Å². The van der Waals surface area contributed by atoms with Gasteiger partial charge in [0.15, 0.2) is 0 Å². The number of carbonyl (C=O) groups is 1. The molecule has 0 unspecified atom stereocenters. The van der Waals surface area contributed by atoms with Crippen molar-refractivity contribution in [3.8, 4) is 5.75 Å². The van der Waals surface area contributed by atoms with Gasteiger partial charge in [-0.15, -0.1) is 11.3 Å². The number of ether oxygens (including phenoxy) is 1. The van der Waals surface area contributed by atoms with Crippen molar-refractivity contribution in [3.63, 3.8) is 0 Å². The minimum atomic E-state index is -0.156. The molecule has 1 aromatic carbocycles. The van der Waals surface area contributed by atoms with E-state index in [-0.39, 0.29) is 5.78 Å². The van der Waals surface area contributed by atoms with Crippen LogP contribution in [0, 0.1) is 0 Å². The number of carbonyl (C=O) groups excluding carboxylic acids is 1. The number of benzene rings is 1. The summed E-state index contributed by atoms with van der Waals surface area (Å²) in [7, 11) is 1.51. The molecule has 2 N–H and O–H groups in total. The smallest absolute Gasteiger partial charge is 0.206 e.